The molecule has 0 aliphatic heterocycles. The molecule has 2 aromatic rings. The van der Waals surface area contributed by atoms with Gasteiger partial charge in [-0.25, -0.2) is 9.59 Å². The zero-order chi connectivity index (χ0) is 23.2. The van der Waals surface area contributed by atoms with Crippen LogP contribution in [0.5, 0.6) is 0 Å². The molecule has 32 heavy (non-hydrogen) atoms. The van der Waals surface area contributed by atoms with Crippen molar-refractivity contribution in [2.45, 2.75) is 44.8 Å². The lowest BCUT2D eigenvalue weighted by Gasteiger charge is -2.17. The summed E-state index contributed by atoms with van der Waals surface area (Å²) in [5.74, 6) is -0.656. The maximum absolute atomic E-state index is 12.3. The first-order valence-corrected chi connectivity index (χ1v) is 11.6. The average Bonchev–Trinajstić information content (AvgIpc) is 2.79. The van der Waals surface area contributed by atoms with E-state index in [4.69, 9.17) is 9.47 Å². The van der Waals surface area contributed by atoms with E-state index in [0.717, 1.165) is 27.5 Å². The van der Waals surface area contributed by atoms with Gasteiger partial charge in [-0.3, -0.25) is 4.79 Å². The fourth-order valence-electron chi connectivity index (χ4n) is 3.05. The normalized spacial score (nSPS) is 11.3. The largest absolute Gasteiger partial charge is 0.467 e. The van der Waals surface area contributed by atoms with E-state index in [2.05, 4.69) is 33.2 Å². The molecule has 2 amide bonds. The Morgan fingerprint density at radius 2 is 1.72 bits per heavy atom. The van der Waals surface area contributed by atoms with E-state index in [-0.39, 0.29) is 12.5 Å². The van der Waals surface area contributed by atoms with Crippen LogP contribution in [0.25, 0.3) is 0 Å². The van der Waals surface area contributed by atoms with Crippen LogP contribution in [0.15, 0.2) is 54.6 Å². The number of hydrogen-bond acceptors (Lipinski definition) is 5. The van der Waals surface area contributed by atoms with Gasteiger partial charge in [0.25, 0.3) is 0 Å². The zero-order valence-corrected chi connectivity index (χ0v) is 20.3. The van der Waals surface area contributed by atoms with Crippen LogP contribution in [-0.4, -0.2) is 37.7 Å². The maximum atomic E-state index is 12.3. The summed E-state index contributed by atoms with van der Waals surface area (Å²) in [7, 11) is 1.31. The second-order valence-electron chi connectivity index (χ2n) is 7.28. The molecule has 2 N–H and O–H groups in total. The minimum atomic E-state index is -0.716. The molecule has 0 saturated carbocycles. The smallest absolute Gasteiger partial charge is 0.407 e. The quantitative estimate of drug-likeness (QED) is 0.236. The summed E-state index contributed by atoms with van der Waals surface area (Å²) in [5, 5.41) is 5.48. The summed E-state index contributed by atoms with van der Waals surface area (Å²) in [4.78, 5) is 36.1. The Balaban J connectivity index is 1.61. The Kier molecular flexibility index (Phi) is 11.6. The fraction of sp³-hybridized carbons (Fsp3) is 0.375. The summed E-state index contributed by atoms with van der Waals surface area (Å²) >= 11 is 2.21. The average molecular weight is 552 g/mol. The monoisotopic (exact) mass is 552 g/mol. The van der Waals surface area contributed by atoms with Gasteiger partial charge in [0.05, 0.1) is 7.11 Å². The molecule has 0 aromatic heterocycles. The highest BCUT2D eigenvalue weighted by Crippen LogP contribution is 2.11. The third kappa shape index (κ3) is 10.1. The minimum absolute atomic E-state index is 0.193. The van der Waals surface area contributed by atoms with Crippen LogP contribution in [0.3, 0.4) is 0 Å². The molecular formula is C24H29IN2O5. The van der Waals surface area contributed by atoms with Gasteiger partial charge in [-0.1, -0.05) is 48.9 Å². The molecular weight excluding hydrogens is 523 g/mol. The van der Waals surface area contributed by atoms with Crippen molar-refractivity contribution in [3.63, 3.8) is 0 Å². The molecule has 8 heteroatoms. The summed E-state index contributed by atoms with van der Waals surface area (Å²) in [6.07, 6.45) is 2.39. The Labute approximate surface area is 202 Å². The van der Waals surface area contributed by atoms with Crippen molar-refractivity contribution in [3.05, 3.63) is 69.3 Å². The van der Waals surface area contributed by atoms with Gasteiger partial charge in [0, 0.05) is 23.0 Å². The first kappa shape index (κ1) is 25.6. The van der Waals surface area contributed by atoms with Crippen molar-refractivity contribution in [2.24, 2.45) is 0 Å². The van der Waals surface area contributed by atoms with Gasteiger partial charge in [0.15, 0.2) is 0 Å². The molecule has 0 radical (unpaired) electrons. The summed E-state index contributed by atoms with van der Waals surface area (Å²) in [5.41, 5.74) is 1.89. The molecule has 0 spiro atoms. The van der Waals surface area contributed by atoms with E-state index < -0.39 is 18.1 Å². The Hall–Kier alpha value is -2.62. The molecule has 172 valence electrons. The molecule has 2 rings (SSSR count). The topological polar surface area (TPSA) is 93.7 Å². The zero-order valence-electron chi connectivity index (χ0n) is 18.1. The lowest BCUT2D eigenvalue weighted by Crippen LogP contribution is -2.43. The number of rotatable bonds is 12. The molecule has 0 unspecified atom stereocenters. The third-order valence-electron chi connectivity index (χ3n) is 4.71. The van der Waals surface area contributed by atoms with Crippen LogP contribution in [0.1, 0.15) is 36.8 Å². The highest BCUT2D eigenvalue weighted by Gasteiger charge is 2.21. The van der Waals surface area contributed by atoms with E-state index in [9.17, 15) is 14.4 Å². The third-order valence-corrected chi connectivity index (χ3v) is 5.38. The number of unbranched alkanes of at least 4 members (excludes halogenated alkanes) is 2. The van der Waals surface area contributed by atoms with Crippen LogP contribution in [0, 0.1) is 3.57 Å². The Morgan fingerprint density at radius 3 is 2.44 bits per heavy atom. The molecule has 0 heterocycles. The van der Waals surface area contributed by atoms with Crippen LogP contribution in [0.2, 0.25) is 0 Å². The van der Waals surface area contributed by atoms with E-state index in [1.165, 1.54) is 7.11 Å². The lowest BCUT2D eigenvalue weighted by molar-refractivity contribution is -0.145. The summed E-state index contributed by atoms with van der Waals surface area (Å²) < 4.78 is 11.0. The number of amides is 2. The predicted octanol–water partition coefficient (Wildman–Crippen LogP) is 3.98. The van der Waals surface area contributed by atoms with Crippen LogP contribution >= 0.6 is 22.6 Å². The van der Waals surface area contributed by atoms with Gasteiger partial charge >= 0.3 is 12.1 Å². The molecule has 0 saturated heterocycles. The van der Waals surface area contributed by atoms with Crippen LogP contribution < -0.4 is 10.6 Å². The number of ether oxygens (including phenoxy) is 2. The lowest BCUT2D eigenvalue weighted by atomic mass is 10.1. The summed E-state index contributed by atoms with van der Waals surface area (Å²) in [6.45, 7) is 0.711. The Morgan fingerprint density at radius 1 is 0.969 bits per heavy atom. The molecule has 0 aliphatic carbocycles. The van der Waals surface area contributed by atoms with Crippen molar-refractivity contribution in [3.8, 4) is 0 Å². The van der Waals surface area contributed by atoms with Gasteiger partial charge in [-0.15, -0.1) is 0 Å². The minimum Gasteiger partial charge on any atom is -0.467 e. The van der Waals surface area contributed by atoms with E-state index in [1.54, 1.807) is 0 Å². The molecule has 0 bridgehead atoms. The molecule has 0 aliphatic rings. The molecule has 1 atom stereocenters. The number of carbonyl (C=O) groups excluding carboxylic acids is 3. The maximum Gasteiger partial charge on any atom is 0.407 e. The standard InChI is InChI=1S/C24H29IN2O5/c1-31-23(29)21(16-19-11-8-12-20(25)15-19)27-22(28)13-6-3-7-14-26-24(30)32-17-18-9-4-2-5-10-18/h2,4-5,8-12,15,21H,3,6-7,13-14,16-17H2,1H3,(H,26,30)(H,27,28)/t21-/m1/s1. The second-order valence-corrected chi connectivity index (χ2v) is 8.52. The summed E-state index contributed by atoms with van der Waals surface area (Å²) in [6, 6.07) is 16.5. The second kappa shape index (κ2) is 14.4. The van der Waals surface area contributed by atoms with Gasteiger partial charge in [0.2, 0.25) is 5.91 Å². The molecule has 2 aromatic carbocycles. The molecule has 0 fully saturated rings. The number of carbonyl (C=O) groups is 3. The van der Waals surface area contributed by atoms with Crippen molar-refractivity contribution >= 4 is 40.6 Å². The molecule has 7 nitrogen and oxygen atoms in total. The highest BCUT2D eigenvalue weighted by molar-refractivity contribution is 14.1. The number of methoxy groups -OCH3 is 1. The van der Waals surface area contributed by atoms with Crippen molar-refractivity contribution in [1.29, 1.82) is 0 Å². The fourth-order valence-corrected chi connectivity index (χ4v) is 3.66. The SMILES string of the molecule is COC(=O)[C@@H](Cc1cccc(I)c1)NC(=O)CCCCCNC(=O)OCc1ccccc1. The van der Waals surface area contributed by atoms with Crippen molar-refractivity contribution in [2.75, 3.05) is 13.7 Å². The van der Waals surface area contributed by atoms with Gasteiger partial charge in [-0.2, -0.15) is 0 Å². The first-order chi connectivity index (χ1) is 15.5. The number of alkyl carbamates (subject to hydrolysis) is 1. The van der Waals surface area contributed by atoms with E-state index >= 15 is 0 Å². The number of benzene rings is 2. The number of hydrogen-bond donors (Lipinski definition) is 2. The number of esters is 1. The first-order valence-electron chi connectivity index (χ1n) is 10.5. The van der Waals surface area contributed by atoms with E-state index in [0.29, 0.717) is 25.8 Å². The van der Waals surface area contributed by atoms with Crippen LogP contribution in [-0.2, 0) is 32.1 Å². The van der Waals surface area contributed by atoms with Crippen molar-refractivity contribution in [1.82, 2.24) is 10.6 Å². The van der Waals surface area contributed by atoms with Crippen LogP contribution in [0.4, 0.5) is 4.79 Å². The van der Waals surface area contributed by atoms with Gasteiger partial charge in [0.1, 0.15) is 12.6 Å². The van der Waals surface area contributed by atoms with Gasteiger partial charge in [-0.05, 0) is 58.7 Å². The van der Waals surface area contributed by atoms with Gasteiger partial charge < -0.3 is 20.1 Å². The Bertz CT molecular complexity index is 876. The van der Waals surface area contributed by atoms with E-state index in [1.807, 2.05) is 54.6 Å². The predicted molar refractivity (Wildman–Crippen MR) is 130 cm³/mol. The number of nitrogens with one attached hydrogen (secondary N) is 2. The van der Waals surface area contributed by atoms with Crippen molar-refractivity contribution < 1.29 is 23.9 Å². The highest BCUT2D eigenvalue weighted by atomic mass is 127. The number of halogens is 1.